The fourth-order valence-electron chi connectivity index (χ4n) is 4.32. The average Bonchev–Trinajstić information content (AvgIpc) is 2.94. The minimum atomic E-state index is 0.161. The summed E-state index contributed by atoms with van der Waals surface area (Å²) in [6, 6.07) is 25.1. The minimum absolute atomic E-state index is 0.161. The van der Waals surface area contributed by atoms with E-state index in [9.17, 15) is 4.79 Å². The summed E-state index contributed by atoms with van der Waals surface area (Å²) >= 11 is 0. The van der Waals surface area contributed by atoms with Crippen molar-refractivity contribution in [3.05, 3.63) is 83.0 Å². The van der Waals surface area contributed by atoms with E-state index in [1.165, 1.54) is 5.39 Å². The predicted molar refractivity (Wildman–Crippen MR) is 103 cm³/mol. The molecule has 1 nitrogen and oxygen atoms in total. The zero-order valence-electron chi connectivity index (χ0n) is 12.8. The van der Waals surface area contributed by atoms with Gasteiger partial charge in [-0.2, -0.15) is 0 Å². The van der Waals surface area contributed by atoms with Crippen LogP contribution in [0.3, 0.4) is 0 Å². The molecule has 6 aromatic rings. The van der Waals surface area contributed by atoms with Crippen LogP contribution in [0.1, 0.15) is 0 Å². The summed E-state index contributed by atoms with van der Waals surface area (Å²) in [5.41, 5.74) is 0.161. The molecule has 0 bridgehead atoms. The molecule has 0 atom stereocenters. The molecule has 0 aliphatic carbocycles. The molecule has 1 heteroatoms. The molecule has 6 aromatic carbocycles. The van der Waals surface area contributed by atoms with Gasteiger partial charge in [0.15, 0.2) is 5.43 Å². The molecule has 0 fully saturated rings. The van der Waals surface area contributed by atoms with Crippen LogP contribution in [0.25, 0.3) is 53.9 Å². The van der Waals surface area contributed by atoms with Gasteiger partial charge in [-0.25, -0.2) is 0 Å². The van der Waals surface area contributed by atoms with E-state index in [0.717, 1.165) is 48.5 Å². The molecule has 0 radical (unpaired) electrons. The number of hydrogen-bond donors (Lipinski definition) is 0. The summed E-state index contributed by atoms with van der Waals surface area (Å²) in [5.74, 6) is 0. The van der Waals surface area contributed by atoms with E-state index in [2.05, 4.69) is 48.5 Å². The van der Waals surface area contributed by atoms with Gasteiger partial charge < -0.3 is 0 Å². The van der Waals surface area contributed by atoms with Crippen LogP contribution in [-0.4, -0.2) is 0 Å². The van der Waals surface area contributed by atoms with Gasteiger partial charge >= 0.3 is 0 Å². The fraction of sp³-hybridized carbons (Fsp3) is 0. The van der Waals surface area contributed by atoms with Gasteiger partial charge in [-0.3, -0.25) is 4.79 Å². The first kappa shape index (κ1) is 12.3. The third-order valence-corrected chi connectivity index (χ3v) is 5.32. The van der Waals surface area contributed by atoms with Crippen LogP contribution in [0.15, 0.2) is 77.6 Å². The van der Waals surface area contributed by atoms with Gasteiger partial charge in [-0.1, -0.05) is 66.7 Å². The summed E-state index contributed by atoms with van der Waals surface area (Å²) in [5, 5.41) is 10.8. The van der Waals surface area contributed by atoms with Gasteiger partial charge in [0.1, 0.15) is 0 Å². The highest BCUT2D eigenvalue weighted by atomic mass is 16.1. The first-order valence-corrected chi connectivity index (χ1v) is 8.17. The van der Waals surface area contributed by atoms with Gasteiger partial charge in [0.25, 0.3) is 0 Å². The number of hydrogen-bond acceptors (Lipinski definition) is 1. The van der Waals surface area contributed by atoms with Crippen molar-refractivity contribution in [2.24, 2.45) is 0 Å². The molecule has 0 unspecified atom stereocenters. The molecule has 0 aromatic heterocycles. The molecule has 24 heavy (non-hydrogen) atoms. The Labute approximate surface area is 137 Å². The highest BCUT2D eigenvalue weighted by Gasteiger charge is 2.18. The summed E-state index contributed by atoms with van der Waals surface area (Å²) in [7, 11) is 0. The lowest BCUT2D eigenvalue weighted by atomic mass is 9.94. The lowest BCUT2D eigenvalue weighted by Gasteiger charge is -2.08. The van der Waals surface area contributed by atoms with E-state index in [4.69, 9.17) is 0 Å². The molecule has 110 valence electrons. The Morgan fingerprint density at radius 1 is 0.458 bits per heavy atom. The normalized spacial score (nSPS) is 12.3. The monoisotopic (exact) mass is 304 g/mol. The second-order valence-electron chi connectivity index (χ2n) is 6.53. The molecule has 6 rings (SSSR count). The zero-order chi connectivity index (χ0) is 15.8. The molecule has 0 aliphatic rings. The number of rotatable bonds is 0. The van der Waals surface area contributed by atoms with E-state index < -0.39 is 0 Å². The van der Waals surface area contributed by atoms with Crippen molar-refractivity contribution in [1.29, 1.82) is 0 Å². The molecule has 0 saturated heterocycles. The largest absolute Gasteiger partial charge is 0.289 e. The van der Waals surface area contributed by atoms with Crippen LogP contribution in [-0.2, 0) is 0 Å². The lowest BCUT2D eigenvalue weighted by molar-refractivity contribution is 1.80. The van der Waals surface area contributed by atoms with E-state index in [0.29, 0.717) is 0 Å². The van der Waals surface area contributed by atoms with E-state index in [1.807, 2.05) is 24.3 Å². The van der Waals surface area contributed by atoms with Crippen LogP contribution in [0.2, 0.25) is 0 Å². The van der Waals surface area contributed by atoms with E-state index in [1.54, 1.807) is 0 Å². The lowest BCUT2D eigenvalue weighted by Crippen LogP contribution is -1.95. The molecule has 0 saturated carbocycles. The third-order valence-electron chi connectivity index (χ3n) is 5.32. The summed E-state index contributed by atoms with van der Waals surface area (Å²) in [4.78, 5) is 13.3. The fourth-order valence-corrected chi connectivity index (χ4v) is 4.32. The van der Waals surface area contributed by atoms with Crippen molar-refractivity contribution in [3.63, 3.8) is 0 Å². The van der Waals surface area contributed by atoms with E-state index >= 15 is 0 Å². The highest BCUT2D eigenvalue weighted by Crippen LogP contribution is 2.39. The molecular formula is C23H12O. The van der Waals surface area contributed by atoms with E-state index in [-0.39, 0.29) is 5.43 Å². The van der Waals surface area contributed by atoms with Crippen LogP contribution in [0, 0.1) is 0 Å². The Kier molecular flexibility index (Phi) is 2.05. The SMILES string of the molecule is O=c1c2cccc3ccc4cc5ccc6ccccc6c5c1c4c32. The Bertz CT molecular complexity index is 1460. The van der Waals surface area contributed by atoms with Crippen LogP contribution >= 0.6 is 0 Å². The van der Waals surface area contributed by atoms with Gasteiger partial charge in [0, 0.05) is 26.9 Å². The maximum absolute atomic E-state index is 13.3. The molecular weight excluding hydrogens is 292 g/mol. The van der Waals surface area contributed by atoms with Crippen molar-refractivity contribution >= 4 is 53.9 Å². The van der Waals surface area contributed by atoms with Gasteiger partial charge in [-0.15, -0.1) is 0 Å². The highest BCUT2D eigenvalue weighted by molar-refractivity contribution is 6.34. The number of benzene rings is 5. The standard InChI is InChI=1S/C23H12O/c24-23-18-7-3-5-14-9-11-16-12-15-10-8-13-4-1-2-6-17(13)20(15)22(23)21(16)19(14)18/h1-12H. The third kappa shape index (κ3) is 1.30. The summed E-state index contributed by atoms with van der Waals surface area (Å²) < 4.78 is 0. The zero-order valence-corrected chi connectivity index (χ0v) is 12.8. The van der Waals surface area contributed by atoms with Crippen molar-refractivity contribution < 1.29 is 0 Å². The Morgan fingerprint density at radius 3 is 2.00 bits per heavy atom. The second kappa shape index (κ2) is 4.01. The number of fused-ring (bicyclic) bond motifs is 4. The van der Waals surface area contributed by atoms with Crippen LogP contribution < -0.4 is 5.43 Å². The average molecular weight is 304 g/mol. The van der Waals surface area contributed by atoms with Crippen LogP contribution in [0.5, 0.6) is 0 Å². The minimum Gasteiger partial charge on any atom is -0.289 e. The smallest absolute Gasteiger partial charge is 0.194 e. The predicted octanol–water partition coefficient (Wildman–Crippen LogP) is 5.69. The Balaban J connectivity index is 2.11. The van der Waals surface area contributed by atoms with Crippen LogP contribution in [0.4, 0.5) is 0 Å². The molecule has 0 N–H and O–H groups in total. The maximum Gasteiger partial charge on any atom is 0.194 e. The van der Waals surface area contributed by atoms with Gasteiger partial charge in [0.05, 0.1) is 0 Å². The quantitative estimate of drug-likeness (QED) is 0.260. The topological polar surface area (TPSA) is 17.1 Å². The first-order chi connectivity index (χ1) is 11.8. The molecule has 0 heterocycles. The Morgan fingerprint density at radius 2 is 1.08 bits per heavy atom. The Hall–Kier alpha value is -3.19. The molecule has 0 spiro atoms. The summed E-state index contributed by atoms with van der Waals surface area (Å²) in [6.45, 7) is 0. The van der Waals surface area contributed by atoms with Gasteiger partial charge in [-0.05, 0) is 33.0 Å². The van der Waals surface area contributed by atoms with Gasteiger partial charge in [0.2, 0.25) is 0 Å². The summed E-state index contributed by atoms with van der Waals surface area (Å²) in [6.07, 6.45) is 0. The van der Waals surface area contributed by atoms with Crippen molar-refractivity contribution in [2.75, 3.05) is 0 Å². The van der Waals surface area contributed by atoms with Crippen molar-refractivity contribution in [1.82, 2.24) is 0 Å². The van der Waals surface area contributed by atoms with Crippen molar-refractivity contribution in [2.45, 2.75) is 0 Å². The van der Waals surface area contributed by atoms with Crippen molar-refractivity contribution in [3.8, 4) is 0 Å². The second-order valence-corrected chi connectivity index (χ2v) is 6.53. The maximum atomic E-state index is 13.3. The first-order valence-electron chi connectivity index (χ1n) is 8.17. The molecule has 0 aliphatic heterocycles. The molecule has 0 amide bonds.